The van der Waals surface area contributed by atoms with Gasteiger partial charge in [-0.1, -0.05) is 30.3 Å². The Bertz CT molecular complexity index is 574. The standard InChI is InChI=1S/C18H21NO3/c20-18(16-8-11-21-12-9-16)19(14-17-7-4-10-22-17)13-15-5-2-1-3-6-15/h1-7,10,16H,8-9,11-14H2. The molecule has 22 heavy (non-hydrogen) atoms. The molecule has 3 rings (SSSR count). The van der Waals surface area contributed by atoms with Crippen molar-refractivity contribution in [1.82, 2.24) is 4.90 Å². The monoisotopic (exact) mass is 299 g/mol. The Morgan fingerprint density at radius 1 is 1.05 bits per heavy atom. The van der Waals surface area contributed by atoms with E-state index in [4.69, 9.17) is 9.15 Å². The topological polar surface area (TPSA) is 42.7 Å². The number of carbonyl (C=O) groups is 1. The Kier molecular flexibility index (Phi) is 4.91. The van der Waals surface area contributed by atoms with E-state index in [1.165, 1.54) is 0 Å². The molecule has 1 aliphatic heterocycles. The van der Waals surface area contributed by atoms with Gasteiger partial charge in [0.05, 0.1) is 12.8 Å². The summed E-state index contributed by atoms with van der Waals surface area (Å²) in [5, 5.41) is 0. The Morgan fingerprint density at radius 3 is 2.50 bits per heavy atom. The molecule has 0 bridgehead atoms. The van der Waals surface area contributed by atoms with Crippen molar-refractivity contribution in [3.8, 4) is 0 Å². The van der Waals surface area contributed by atoms with Crippen molar-refractivity contribution < 1.29 is 13.9 Å². The van der Waals surface area contributed by atoms with Crippen LogP contribution in [0.2, 0.25) is 0 Å². The first-order valence-corrected chi connectivity index (χ1v) is 7.76. The third-order valence-electron chi connectivity index (χ3n) is 4.03. The molecule has 0 saturated carbocycles. The summed E-state index contributed by atoms with van der Waals surface area (Å²) in [6, 6.07) is 13.8. The minimum atomic E-state index is 0.0624. The summed E-state index contributed by atoms with van der Waals surface area (Å²) >= 11 is 0. The largest absolute Gasteiger partial charge is 0.467 e. The van der Waals surface area contributed by atoms with Crippen molar-refractivity contribution in [1.29, 1.82) is 0 Å². The van der Waals surface area contributed by atoms with Crippen molar-refractivity contribution in [3.63, 3.8) is 0 Å². The van der Waals surface area contributed by atoms with Gasteiger partial charge < -0.3 is 14.1 Å². The highest BCUT2D eigenvalue weighted by molar-refractivity contribution is 5.78. The first-order chi connectivity index (χ1) is 10.8. The molecule has 0 radical (unpaired) electrons. The molecule has 0 atom stereocenters. The summed E-state index contributed by atoms with van der Waals surface area (Å²) in [6.45, 7) is 2.47. The molecule has 1 aromatic heterocycles. The van der Waals surface area contributed by atoms with Gasteiger partial charge in [-0.2, -0.15) is 0 Å². The number of hydrogen-bond donors (Lipinski definition) is 0. The van der Waals surface area contributed by atoms with E-state index in [1.807, 2.05) is 47.4 Å². The summed E-state index contributed by atoms with van der Waals surface area (Å²) in [7, 11) is 0. The van der Waals surface area contributed by atoms with Crippen LogP contribution in [-0.2, 0) is 22.6 Å². The lowest BCUT2D eigenvalue weighted by Crippen LogP contribution is -2.37. The van der Waals surface area contributed by atoms with E-state index >= 15 is 0 Å². The Balaban J connectivity index is 1.74. The number of nitrogens with zero attached hydrogens (tertiary/aromatic N) is 1. The third kappa shape index (κ3) is 3.77. The van der Waals surface area contributed by atoms with Gasteiger partial charge in [0.15, 0.2) is 0 Å². The van der Waals surface area contributed by atoms with E-state index in [0.717, 1.165) is 24.2 Å². The van der Waals surface area contributed by atoms with Crippen LogP contribution in [0.3, 0.4) is 0 Å². The first kappa shape index (κ1) is 14.9. The second-order valence-corrected chi connectivity index (χ2v) is 5.65. The molecule has 0 aliphatic carbocycles. The van der Waals surface area contributed by atoms with Crippen molar-refractivity contribution in [2.45, 2.75) is 25.9 Å². The highest BCUT2D eigenvalue weighted by atomic mass is 16.5. The Labute approximate surface area is 130 Å². The van der Waals surface area contributed by atoms with E-state index in [2.05, 4.69) is 0 Å². The molecule has 0 N–H and O–H groups in total. The van der Waals surface area contributed by atoms with Crippen LogP contribution in [0.25, 0.3) is 0 Å². The van der Waals surface area contributed by atoms with Crippen molar-refractivity contribution >= 4 is 5.91 Å². The van der Waals surface area contributed by atoms with Crippen molar-refractivity contribution in [2.75, 3.05) is 13.2 Å². The van der Waals surface area contributed by atoms with Crippen LogP contribution in [0, 0.1) is 5.92 Å². The first-order valence-electron chi connectivity index (χ1n) is 7.76. The van der Waals surface area contributed by atoms with E-state index in [0.29, 0.717) is 26.3 Å². The van der Waals surface area contributed by atoms with Gasteiger partial charge in [-0.15, -0.1) is 0 Å². The zero-order chi connectivity index (χ0) is 15.2. The van der Waals surface area contributed by atoms with E-state index in [9.17, 15) is 4.79 Å². The van der Waals surface area contributed by atoms with Gasteiger partial charge in [0.25, 0.3) is 0 Å². The number of rotatable bonds is 5. The van der Waals surface area contributed by atoms with Crippen molar-refractivity contribution in [3.05, 3.63) is 60.1 Å². The SMILES string of the molecule is O=C(C1CCOCC1)N(Cc1ccccc1)Cc1ccco1. The van der Waals surface area contributed by atoms with Crippen LogP contribution in [0.15, 0.2) is 53.1 Å². The third-order valence-corrected chi connectivity index (χ3v) is 4.03. The van der Waals surface area contributed by atoms with Crippen molar-refractivity contribution in [2.24, 2.45) is 5.92 Å². The number of benzene rings is 1. The number of amides is 1. The molecule has 1 amide bonds. The number of hydrogen-bond acceptors (Lipinski definition) is 3. The fourth-order valence-corrected chi connectivity index (χ4v) is 2.81. The van der Waals surface area contributed by atoms with Crippen LogP contribution in [0.5, 0.6) is 0 Å². The predicted octanol–water partition coefficient (Wildman–Crippen LogP) is 3.24. The predicted molar refractivity (Wildman–Crippen MR) is 82.9 cm³/mol. The second kappa shape index (κ2) is 7.27. The van der Waals surface area contributed by atoms with E-state index in [1.54, 1.807) is 6.26 Å². The molecule has 0 spiro atoms. The highest BCUT2D eigenvalue weighted by Crippen LogP contribution is 2.21. The zero-order valence-electron chi connectivity index (χ0n) is 12.6. The van der Waals surface area contributed by atoms with Gasteiger partial charge in [0.1, 0.15) is 5.76 Å². The summed E-state index contributed by atoms with van der Waals surface area (Å²) in [6.07, 6.45) is 3.26. The smallest absolute Gasteiger partial charge is 0.226 e. The maximum Gasteiger partial charge on any atom is 0.226 e. The van der Waals surface area contributed by atoms with E-state index in [-0.39, 0.29) is 11.8 Å². The molecule has 1 fully saturated rings. The van der Waals surface area contributed by atoms with Crippen LogP contribution in [0.1, 0.15) is 24.2 Å². The summed E-state index contributed by atoms with van der Waals surface area (Å²) in [5.74, 6) is 1.08. The molecule has 1 aromatic carbocycles. The molecule has 116 valence electrons. The van der Waals surface area contributed by atoms with Crippen LogP contribution in [-0.4, -0.2) is 24.0 Å². The molecule has 2 heterocycles. The maximum atomic E-state index is 12.9. The molecule has 1 aliphatic rings. The lowest BCUT2D eigenvalue weighted by Gasteiger charge is -2.29. The normalized spacial score (nSPS) is 15.6. The van der Waals surface area contributed by atoms with Crippen LogP contribution in [0.4, 0.5) is 0 Å². The minimum absolute atomic E-state index is 0.0624. The summed E-state index contributed by atoms with van der Waals surface area (Å²) in [5.41, 5.74) is 1.13. The number of ether oxygens (including phenoxy) is 1. The fraction of sp³-hybridized carbons (Fsp3) is 0.389. The Morgan fingerprint density at radius 2 is 1.82 bits per heavy atom. The molecule has 1 saturated heterocycles. The Hall–Kier alpha value is -2.07. The lowest BCUT2D eigenvalue weighted by atomic mass is 9.98. The maximum absolute atomic E-state index is 12.9. The minimum Gasteiger partial charge on any atom is -0.467 e. The number of carbonyl (C=O) groups excluding carboxylic acids is 1. The van der Waals surface area contributed by atoms with Crippen LogP contribution >= 0.6 is 0 Å². The summed E-state index contributed by atoms with van der Waals surface area (Å²) in [4.78, 5) is 14.8. The second-order valence-electron chi connectivity index (χ2n) is 5.65. The van der Waals surface area contributed by atoms with E-state index < -0.39 is 0 Å². The quantitative estimate of drug-likeness (QED) is 0.851. The van der Waals surface area contributed by atoms with Gasteiger partial charge in [0.2, 0.25) is 5.91 Å². The van der Waals surface area contributed by atoms with Gasteiger partial charge in [-0.3, -0.25) is 4.79 Å². The van der Waals surface area contributed by atoms with Gasteiger partial charge in [-0.05, 0) is 30.5 Å². The summed E-state index contributed by atoms with van der Waals surface area (Å²) < 4.78 is 10.8. The average molecular weight is 299 g/mol. The molecule has 4 nitrogen and oxygen atoms in total. The highest BCUT2D eigenvalue weighted by Gasteiger charge is 2.27. The van der Waals surface area contributed by atoms with Gasteiger partial charge in [-0.25, -0.2) is 0 Å². The molecular formula is C18H21NO3. The molecule has 0 unspecified atom stereocenters. The lowest BCUT2D eigenvalue weighted by molar-refractivity contribution is -0.140. The molecule has 4 heteroatoms. The average Bonchev–Trinajstić information content (AvgIpc) is 3.08. The molecule has 2 aromatic rings. The zero-order valence-corrected chi connectivity index (χ0v) is 12.6. The number of furan rings is 1. The van der Waals surface area contributed by atoms with Gasteiger partial charge >= 0.3 is 0 Å². The fourth-order valence-electron chi connectivity index (χ4n) is 2.81. The van der Waals surface area contributed by atoms with Gasteiger partial charge in [0, 0.05) is 25.7 Å². The molecular weight excluding hydrogens is 278 g/mol. The van der Waals surface area contributed by atoms with Crippen LogP contribution < -0.4 is 0 Å².